The molecule has 3 heteroatoms. The first-order valence-electron chi connectivity index (χ1n) is 6.00. The molecule has 2 atom stereocenters. The van der Waals surface area contributed by atoms with E-state index in [1.54, 1.807) is 0 Å². The highest BCUT2D eigenvalue weighted by Crippen LogP contribution is 2.43. The first kappa shape index (κ1) is 14.7. The van der Waals surface area contributed by atoms with Crippen LogP contribution < -0.4 is 0 Å². The summed E-state index contributed by atoms with van der Waals surface area (Å²) >= 11 is 9.46. The van der Waals surface area contributed by atoms with Crippen molar-refractivity contribution in [2.75, 3.05) is 0 Å². The average molecular weight is 368 g/mol. The minimum Gasteiger partial charge on any atom is -0.143 e. The van der Waals surface area contributed by atoms with E-state index in [-0.39, 0.29) is 0 Å². The zero-order chi connectivity index (χ0) is 12.1. The van der Waals surface area contributed by atoms with Crippen LogP contribution in [-0.2, 0) is 0 Å². The smallest absolute Gasteiger partial charge is 0.0528 e. The van der Waals surface area contributed by atoms with Gasteiger partial charge in [0.25, 0.3) is 0 Å². The summed E-state index contributed by atoms with van der Waals surface area (Å²) < 4.78 is 1.27. The molecule has 0 spiro atoms. The van der Waals surface area contributed by atoms with Crippen LogP contribution in [0.25, 0.3) is 0 Å². The van der Waals surface area contributed by atoms with E-state index in [0.717, 1.165) is 5.92 Å². The summed E-state index contributed by atoms with van der Waals surface area (Å²) in [6, 6.07) is 2.22. The number of rotatable bonds is 6. The number of unbranched alkanes of at least 4 members (excludes halogenated alkanes) is 1. The summed E-state index contributed by atoms with van der Waals surface area (Å²) in [6.07, 6.45) is 5.20. The van der Waals surface area contributed by atoms with Gasteiger partial charge in [-0.15, -0.1) is 11.3 Å². The third-order valence-corrected chi connectivity index (χ3v) is 6.51. The lowest BCUT2D eigenvalue weighted by molar-refractivity contribution is 0.448. The van der Waals surface area contributed by atoms with E-state index in [0.29, 0.717) is 4.83 Å². The molecule has 0 bridgehead atoms. The number of hydrogen-bond donors (Lipinski definition) is 0. The standard InChI is InChI=1S/C13H20Br2S/c1-4-6-7-10(5-2)12(15)13-11(14)8-9(3)16-13/h8,10,12H,4-7H2,1-3H3. The molecule has 0 saturated carbocycles. The van der Waals surface area contributed by atoms with Gasteiger partial charge in [0.15, 0.2) is 0 Å². The van der Waals surface area contributed by atoms with Crippen LogP contribution >= 0.6 is 43.2 Å². The third-order valence-electron chi connectivity index (χ3n) is 2.95. The van der Waals surface area contributed by atoms with Crippen LogP contribution in [0.1, 0.15) is 54.1 Å². The summed E-state index contributed by atoms with van der Waals surface area (Å²) in [6.45, 7) is 6.73. The van der Waals surface area contributed by atoms with Gasteiger partial charge in [0.1, 0.15) is 0 Å². The van der Waals surface area contributed by atoms with Crippen LogP contribution in [0, 0.1) is 12.8 Å². The predicted molar refractivity (Wildman–Crippen MR) is 81.7 cm³/mol. The Morgan fingerprint density at radius 2 is 2.06 bits per heavy atom. The monoisotopic (exact) mass is 366 g/mol. The van der Waals surface area contributed by atoms with Crippen LogP contribution in [0.15, 0.2) is 10.5 Å². The zero-order valence-corrected chi connectivity index (χ0v) is 14.2. The van der Waals surface area contributed by atoms with Crippen molar-refractivity contribution in [3.8, 4) is 0 Å². The summed E-state index contributed by atoms with van der Waals surface area (Å²) in [4.78, 5) is 3.36. The van der Waals surface area contributed by atoms with Gasteiger partial charge in [0.2, 0.25) is 0 Å². The molecule has 0 aliphatic heterocycles. The highest BCUT2D eigenvalue weighted by atomic mass is 79.9. The van der Waals surface area contributed by atoms with Gasteiger partial charge < -0.3 is 0 Å². The van der Waals surface area contributed by atoms with Gasteiger partial charge in [-0.3, -0.25) is 0 Å². The Balaban J connectivity index is 2.74. The molecular formula is C13H20Br2S. The van der Waals surface area contributed by atoms with Crippen LogP contribution in [0.3, 0.4) is 0 Å². The second kappa shape index (κ2) is 7.17. The first-order valence-corrected chi connectivity index (χ1v) is 8.52. The summed E-state index contributed by atoms with van der Waals surface area (Å²) in [5, 5.41) is 0. The van der Waals surface area contributed by atoms with Crippen molar-refractivity contribution in [3.63, 3.8) is 0 Å². The van der Waals surface area contributed by atoms with Crippen molar-refractivity contribution in [1.82, 2.24) is 0 Å². The van der Waals surface area contributed by atoms with Crippen molar-refractivity contribution < 1.29 is 0 Å². The van der Waals surface area contributed by atoms with Crippen molar-refractivity contribution >= 4 is 43.2 Å². The lowest BCUT2D eigenvalue weighted by atomic mass is 9.95. The van der Waals surface area contributed by atoms with Gasteiger partial charge in [-0.05, 0) is 41.3 Å². The maximum absolute atomic E-state index is 3.89. The Bertz CT molecular complexity index is 320. The lowest BCUT2D eigenvalue weighted by Gasteiger charge is -2.20. The molecule has 0 N–H and O–H groups in total. The van der Waals surface area contributed by atoms with Gasteiger partial charge >= 0.3 is 0 Å². The summed E-state index contributed by atoms with van der Waals surface area (Å²) in [5.74, 6) is 0.759. The minimum absolute atomic E-state index is 0.511. The van der Waals surface area contributed by atoms with Gasteiger partial charge in [-0.25, -0.2) is 0 Å². The molecule has 0 fully saturated rings. The van der Waals surface area contributed by atoms with Crippen LogP contribution in [0.4, 0.5) is 0 Å². The molecule has 2 unspecified atom stereocenters. The summed E-state index contributed by atoms with van der Waals surface area (Å²) in [5.41, 5.74) is 0. The van der Waals surface area contributed by atoms with Crippen molar-refractivity contribution in [2.24, 2.45) is 5.92 Å². The fraction of sp³-hybridized carbons (Fsp3) is 0.692. The Morgan fingerprint density at radius 3 is 2.50 bits per heavy atom. The molecular weight excluding hydrogens is 348 g/mol. The van der Waals surface area contributed by atoms with Gasteiger partial charge in [0.05, 0.1) is 4.83 Å². The molecule has 1 aromatic heterocycles. The van der Waals surface area contributed by atoms with E-state index in [1.807, 2.05) is 11.3 Å². The minimum atomic E-state index is 0.511. The molecule has 0 nitrogen and oxygen atoms in total. The second-order valence-electron chi connectivity index (χ2n) is 4.28. The topological polar surface area (TPSA) is 0 Å². The third kappa shape index (κ3) is 3.85. The number of hydrogen-bond acceptors (Lipinski definition) is 1. The van der Waals surface area contributed by atoms with Crippen LogP contribution in [0.2, 0.25) is 0 Å². The molecule has 0 aliphatic carbocycles. The number of alkyl halides is 1. The average Bonchev–Trinajstić information content (AvgIpc) is 2.58. The molecule has 92 valence electrons. The van der Waals surface area contributed by atoms with Crippen molar-refractivity contribution in [2.45, 2.75) is 51.3 Å². The largest absolute Gasteiger partial charge is 0.143 e. The molecule has 0 saturated heterocycles. The molecule has 16 heavy (non-hydrogen) atoms. The fourth-order valence-corrected chi connectivity index (χ4v) is 5.37. The maximum atomic E-state index is 3.89. The molecule has 0 aliphatic rings. The van der Waals surface area contributed by atoms with E-state index in [4.69, 9.17) is 0 Å². The fourth-order valence-electron chi connectivity index (χ4n) is 1.93. The van der Waals surface area contributed by atoms with E-state index >= 15 is 0 Å². The number of aryl methyl sites for hydroxylation is 1. The van der Waals surface area contributed by atoms with Gasteiger partial charge in [0, 0.05) is 14.2 Å². The number of halogens is 2. The highest BCUT2D eigenvalue weighted by Gasteiger charge is 2.22. The Labute approximate surface area is 120 Å². The van der Waals surface area contributed by atoms with Crippen molar-refractivity contribution in [3.05, 3.63) is 20.3 Å². The quantitative estimate of drug-likeness (QED) is 0.505. The zero-order valence-electron chi connectivity index (χ0n) is 10.2. The lowest BCUT2D eigenvalue weighted by Crippen LogP contribution is -2.05. The van der Waals surface area contributed by atoms with Crippen molar-refractivity contribution in [1.29, 1.82) is 0 Å². The summed E-state index contributed by atoms with van der Waals surface area (Å²) in [7, 11) is 0. The second-order valence-corrected chi connectivity index (χ2v) is 7.41. The molecule has 1 heterocycles. The molecule has 0 amide bonds. The molecule has 0 radical (unpaired) electrons. The van der Waals surface area contributed by atoms with E-state index < -0.39 is 0 Å². The normalized spacial score (nSPS) is 15.1. The molecule has 0 aromatic carbocycles. The van der Waals surface area contributed by atoms with E-state index in [1.165, 1.54) is 39.9 Å². The van der Waals surface area contributed by atoms with Crippen LogP contribution in [0.5, 0.6) is 0 Å². The maximum Gasteiger partial charge on any atom is 0.0528 e. The Morgan fingerprint density at radius 1 is 1.38 bits per heavy atom. The predicted octanol–water partition coefficient (Wildman–Crippen LogP) is 6.47. The highest BCUT2D eigenvalue weighted by molar-refractivity contribution is 9.11. The molecule has 1 rings (SSSR count). The Hall–Kier alpha value is 0.660. The van der Waals surface area contributed by atoms with E-state index in [2.05, 4.69) is 58.7 Å². The first-order chi connectivity index (χ1) is 7.60. The Kier molecular flexibility index (Phi) is 6.60. The number of thiophene rings is 1. The van der Waals surface area contributed by atoms with Gasteiger partial charge in [-0.1, -0.05) is 49.0 Å². The van der Waals surface area contributed by atoms with Gasteiger partial charge in [-0.2, -0.15) is 0 Å². The van der Waals surface area contributed by atoms with E-state index in [9.17, 15) is 0 Å². The molecule has 1 aromatic rings. The SMILES string of the molecule is CCCCC(CC)C(Br)c1sc(C)cc1Br. The van der Waals surface area contributed by atoms with Crippen LogP contribution in [-0.4, -0.2) is 0 Å².